The summed E-state index contributed by atoms with van der Waals surface area (Å²) in [5.74, 6) is 1.06. The summed E-state index contributed by atoms with van der Waals surface area (Å²) in [6.45, 7) is 1.51. The average Bonchev–Trinajstić information content (AvgIpc) is 2.14. The number of likely N-dealkylation sites (N-methyl/N-ethyl adjacent to an activating group) is 1. The zero-order valence-electron chi connectivity index (χ0n) is 8.28. The number of rotatable bonds is 5. The lowest BCUT2D eigenvalue weighted by molar-refractivity contribution is -0.139. The molecule has 0 saturated heterocycles. The number of nitrogens with one attached hydrogen (secondary N) is 1. The number of amides is 1. The Morgan fingerprint density at radius 2 is 2.21 bits per heavy atom. The van der Waals surface area contributed by atoms with Crippen LogP contribution in [0.2, 0.25) is 0 Å². The van der Waals surface area contributed by atoms with Crippen molar-refractivity contribution in [3.05, 3.63) is 0 Å². The predicted molar refractivity (Wildman–Crippen MR) is 51.6 cm³/mol. The van der Waals surface area contributed by atoms with Gasteiger partial charge in [-0.2, -0.15) is 0 Å². The summed E-state index contributed by atoms with van der Waals surface area (Å²) in [7, 11) is 1.49. The molecule has 1 unspecified atom stereocenters. The molecule has 0 heterocycles. The molecular weight excluding hydrogens is 184 g/mol. The van der Waals surface area contributed by atoms with Crippen molar-refractivity contribution in [1.29, 1.82) is 0 Å². The number of hydrogen-bond donors (Lipinski definition) is 2. The Morgan fingerprint density at radius 1 is 1.64 bits per heavy atom. The molecular formula is C9H14N2O3. The smallest absolute Gasteiger partial charge is 0.317 e. The highest BCUT2D eigenvalue weighted by Crippen LogP contribution is 1.97. The molecule has 5 nitrogen and oxygen atoms in total. The lowest BCUT2D eigenvalue weighted by Gasteiger charge is -2.23. The maximum atomic E-state index is 11.2. The second kappa shape index (κ2) is 6.00. The highest BCUT2D eigenvalue weighted by Gasteiger charge is 2.21. The van der Waals surface area contributed by atoms with E-state index < -0.39 is 12.0 Å². The molecule has 5 heteroatoms. The number of hydrogen-bond acceptors (Lipinski definition) is 3. The van der Waals surface area contributed by atoms with Gasteiger partial charge in [-0.25, -0.2) is 0 Å². The highest BCUT2D eigenvalue weighted by molar-refractivity contribution is 5.81. The van der Waals surface area contributed by atoms with Gasteiger partial charge in [0.25, 0.3) is 0 Å². The van der Waals surface area contributed by atoms with Gasteiger partial charge in [0.15, 0.2) is 0 Å². The Kier molecular flexibility index (Phi) is 5.34. The minimum atomic E-state index is -1.00. The van der Waals surface area contributed by atoms with E-state index in [-0.39, 0.29) is 19.0 Å². The Hall–Kier alpha value is -1.54. The van der Waals surface area contributed by atoms with Gasteiger partial charge in [-0.15, -0.1) is 6.42 Å². The standard InChI is InChI=1S/C9H14N2O3/c1-4-5-11(6-8(12)13)7(2)9(14)10-3/h1,7H,5-6H2,2-3H3,(H,10,14)(H,12,13). The van der Waals surface area contributed by atoms with Gasteiger partial charge in [-0.3, -0.25) is 14.5 Å². The Morgan fingerprint density at radius 3 is 2.57 bits per heavy atom. The minimum Gasteiger partial charge on any atom is -0.480 e. The van der Waals surface area contributed by atoms with Crippen molar-refractivity contribution in [2.24, 2.45) is 0 Å². The van der Waals surface area contributed by atoms with E-state index in [1.54, 1.807) is 6.92 Å². The molecule has 0 aromatic rings. The van der Waals surface area contributed by atoms with Gasteiger partial charge in [0, 0.05) is 7.05 Å². The number of carbonyl (C=O) groups is 2. The van der Waals surface area contributed by atoms with Crippen LogP contribution in [0.3, 0.4) is 0 Å². The summed E-state index contributed by atoms with van der Waals surface area (Å²) >= 11 is 0. The summed E-state index contributed by atoms with van der Waals surface area (Å²) in [5, 5.41) is 11.0. The van der Waals surface area contributed by atoms with Crippen molar-refractivity contribution < 1.29 is 14.7 Å². The van der Waals surface area contributed by atoms with E-state index >= 15 is 0 Å². The third-order valence-corrected chi connectivity index (χ3v) is 1.81. The van der Waals surface area contributed by atoms with Gasteiger partial charge in [0.05, 0.1) is 19.1 Å². The first-order valence-corrected chi connectivity index (χ1v) is 4.13. The molecule has 2 N–H and O–H groups in total. The zero-order chi connectivity index (χ0) is 11.1. The van der Waals surface area contributed by atoms with Crippen LogP contribution in [0, 0.1) is 12.3 Å². The monoisotopic (exact) mass is 198 g/mol. The Bertz CT molecular complexity index is 257. The first kappa shape index (κ1) is 12.5. The molecule has 0 aromatic carbocycles. The largest absolute Gasteiger partial charge is 0.480 e. The van der Waals surface area contributed by atoms with E-state index in [9.17, 15) is 9.59 Å². The molecule has 78 valence electrons. The summed E-state index contributed by atoms with van der Waals surface area (Å²) < 4.78 is 0. The first-order valence-electron chi connectivity index (χ1n) is 4.13. The van der Waals surface area contributed by atoms with Crippen LogP contribution in [0.15, 0.2) is 0 Å². The van der Waals surface area contributed by atoms with Crippen LogP contribution in [0.4, 0.5) is 0 Å². The van der Waals surface area contributed by atoms with Crippen molar-refractivity contribution in [1.82, 2.24) is 10.2 Å². The third kappa shape index (κ3) is 3.92. The van der Waals surface area contributed by atoms with Crippen molar-refractivity contribution >= 4 is 11.9 Å². The summed E-state index contributed by atoms with van der Waals surface area (Å²) in [6, 6.07) is -0.535. The fraction of sp³-hybridized carbons (Fsp3) is 0.556. The van der Waals surface area contributed by atoms with E-state index in [0.29, 0.717) is 0 Å². The lowest BCUT2D eigenvalue weighted by atomic mass is 10.2. The van der Waals surface area contributed by atoms with E-state index in [2.05, 4.69) is 11.2 Å². The highest BCUT2D eigenvalue weighted by atomic mass is 16.4. The molecule has 0 aliphatic rings. The lowest BCUT2D eigenvalue weighted by Crippen LogP contribution is -2.46. The molecule has 0 spiro atoms. The average molecular weight is 198 g/mol. The molecule has 1 amide bonds. The SMILES string of the molecule is C#CCN(CC(=O)O)C(C)C(=O)NC. The van der Waals surface area contributed by atoms with Crippen molar-refractivity contribution in [2.75, 3.05) is 20.1 Å². The van der Waals surface area contributed by atoms with Gasteiger partial charge >= 0.3 is 5.97 Å². The fourth-order valence-electron chi connectivity index (χ4n) is 0.995. The number of aliphatic carboxylic acids is 1. The number of carbonyl (C=O) groups excluding carboxylic acids is 1. The van der Waals surface area contributed by atoms with E-state index in [1.807, 2.05) is 0 Å². The van der Waals surface area contributed by atoms with E-state index in [1.165, 1.54) is 11.9 Å². The van der Waals surface area contributed by atoms with Crippen LogP contribution >= 0.6 is 0 Å². The Labute approximate surface area is 83.1 Å². The van der Waals surface area contributed by atoms with Crippen LogP contribution in [0.1, 0.15) is 6.92 Å². The van der Waals surface area contributed by atoms with Crippen LogP contribution in [-0.2, 0) is 9.59 Å². The van der Waals surface area contributed by atoms with Crippen LogP contribution in [0.5, 0.6) is 0 Å². The van der Waals surface area contributed by atoms with Gasteiger partial charge in [-0.1, -0.05) is 5.92 Å². The predicted octanol–water partition coefficient (Wildman–Crippen LogP) is -0.859. The second-order valence-corrected chi connectivity index (χ2v) is 2.79. The molecule has 0 saturated carbocycles. The van der Waals surface area contributed by atoms with Gasteiger partial charge < -0.3 is 10.4 Å². The number of nitrogens with zero attached hydrogens (tertiary/aromatic N) is 1. The molecule has 0 fully saturated rings. The van der Waals surface area contributed by atoms with Gasteiger partial charge in [-0.05, 0) is 6.92 Å². The molecule has 0 aliphatic heterocycles. The van der Waals surface area contributed by atoms with Crippen LogP contribution < -0.4 is 5.32 Å². The number of carboxylic acids is 1. The summed E-state index contributed by atoms with van der Waals surface area (Å²) in [5.41, 5.74) is 0. The number of carboxylic acid groups (broad SMARTS) is 1. The molecule has 0 aromatic heterocycles. The Balaban J connectivity index is 4.40. The third-order valence-electron chi connectivity index (χ3n) is 1.81. The molecule has 0 aliphatic carbocycles. The van der Waals surface area contributed by atoms with Crippen LogP contribution in [0.25, 0.3) is 0 Å². The molecule has 0 bridgehead atoms. The second-order valence-electron chi connectivity index (χ2n) is 2.79. The van der Waals surface area contributed by atoms with Crippen molar-refractivity contribution in [2.45, 2.75) is 13.0 Å². The topological polar surface area (TPSA) is 69.6 Å². The summed E-state index contributed by atoms with van der Waals surface area (Å²) in [6.07, 6.45) is 5.07. The van der Waals surface area contributed by atoms with Crippen LogP contribution in [-0.4, -0.2) is 48.1 Å². The zero-order valence-corrected chi connectivity index (χ0v) is 8.28. The number of terminal acetylenes is 1. The minimum absolute atomic E-state index is 0.140. The first-order chi connectivity index (χ1) is 6.52. The molecule has 0 rings (SSSR count). The quantitative estimate of drug-likeness (QED) is 0.564. The van der Waals surface area contributed by atoms with Gasteiger partial charge in [0.1, 0.15) is 0 Å². The van der Waals surface area contributed by atoms with E-state index in [0.717, 1.165) is 0 Å². The molecule has 1 atom stereocenters. The molecule has 0 radical (unpaired) electrons. The summed E-state index contributed by atoms with van der Waals surface area (Å²) in [4.78, 5) is 23.1. The fourth-order valence-corrected chi connectivity index (χ4v) is 0.995. The molecule has 14 heavy (non-hydrogen) atoms. The van der Waals surface area contributed by atoms with Crippen molar-refractivity contribution in [3.8, 4) is 12.3 Å². The van der Waals surface area contributed by atoms with E-state index in [4.69, 9.17) is 11.5 Å². The maximum Gasteiger partial charge on any atom is 0.317 e. The van der Waals surface area contributed by atoms with Gasteiger partial charge in [0.2, 0.25) is 5.91 Å². The normalized spacial score (nSPS) is 11.9. The maximum absolute atomic E-state index is 11.2. The van der Waals surface area contributed by atoms with Crippen molar-refractivity contribution in [3.63, 3.8) is 0 Å².